The Morgan fingerprint density at radius 1 is 0.517 bits per heavy atom. The minimum atomic E-state index is -0.806. The number of ether oxygens (including phenoxy) is 1. The number of carbonyl (C=O) groups excluding carboxylic acids is 2. The summed E-state index contributed by atoms with van der Waals surface area (Å²) in [5, 5.41) is 23.7. The van der Waals surface area contributed by atoms with Crippen molar-refractivity contribution in [2.75, 3.05) is 6.61 Å². The van der Waals surface area contributed by atoms with Gasteiger partial charge in [0.05, 0.1) is 25.2 Å². The van der Waals surface area contributed by atoms with Crippen LogP contribution in [0.3, 0.4) is 0 Å². The second-order valence-electron chi connectivity index (χ2n) is 16.6. The highest BCUT2D eigenvalue weighted by Gasteiger charge is 2.24. The first-order valence-electron chi connectivity index (χ1n) is 24.6. The summed E-state index contributed by atoms with van der Waals surface area (Å²) >= 11 is 0. The van der Waals surface area contributed by atoms with Crippen LogP contribution in [0.25, 0.3) is 0 Å². The van der Waals surface area contributed by atoms with Crippen LogP contribution in [0.4, 0.5) is 0 Å². The third-order valence-corrected chi connectivity index (χ3v) is 11.0. The Hall–Kier alpha value is -2.44. The van der Waals surface area contributed by atoms with Crippen molar-refractivity contribution in [3.8, 4) is 0 Å². The summed E-state index contributed by atoms with van der Waals surface area (Å²) in [6.07, 6.45) is 55.8. The SMILES string of the molecule is CC/C=C/C=C/C=C\C=C/C=C/CCCC(CC(=O)NC(CO)C(O)CCCCCCCCCCCCCCCCCCC)OC(=O)CCCCCCCCCCC. The zero-order chi connectivity index (χ0) is 42.4. The second-order valence-corrected chi connectivity index (χ2v) is 16.6. The molecule has 6 heteroatoms. The molecule has 0 aliphatic carbocycles. The maximum atomic E-state index is 13.1. The van der Waals surface area contributed by atoms with Gasteiger partial charge in [-0.1, -0.05) is 242 Å². The predicted octanol–water partition coefficient (Wildman–Crippen LogP) is 14.5. The molecule has 0 radical (unpaired) electrons. The first kappa shape index (κ1) is 55.6. The van der Waals surface area contributed by atoms with Crippen molar-refractivity contribution < 1.29 is 24.5 Å². The maximum Gasteiger partial charge on any atom is 0.306 e. The van der Waals surface area contributed by atoms with Gasteiger partial charge in [-0.3, -0.25) is 9.59 Å². The van der Waals surface area contributed by atoms with Gasteiger partial charge in [-0.05, 0) is 38.5 Å². The molecule has 3 unspecified atom stereocenters. The van der Waals surface area contributed by atoms with Crippen molar-refractivity contribution in [2.45, 2.75) is 251 Å². The van der Waals surface area contributed by atoms with Gasteiger partial charge in [-0.15, -0.1) is 0 Å². The highest BCUT2D eigenvalue weighted by molar-refractivity contribution is 5.77. The van der Waals surface area contributed by atoms with E-state index >= 15 is 0 Å². The lowest BCUT2D eigenvalue weighted by Crippen LogP contribution is -2.46. The minimum Gasteiger partial charge on any atom is -0.462 e. The molecule has 336 valence electrons. The highest BCUT2D eigenvalue weighted by Crippen LogP contribution is 2.17. The van der Waals surface area contributed by atoms with E-state index in [0.717, 1.165) is 57.8 Å². The van der Waals surface area contributed by atoms with Crippen molar-refractivity contribution in [3.05, 3.63) is 60.8 Å². The van der Waals surface area contributed by atoms with E-state index in [4.69, 9.17) is 4.74 Å². The van der Waals surface area contributed by atoms with E-state index in [1.54, 1.807) is 0 Å². The molecule has 0 rings (SSSR count). The quantitative estimate of drug-likeness (QED) is 0.0324. The summed E-state index contributed by atoms with van der Waals surface area (Å²) < 4.78 is 5.86. The molecule has 0 bridgehead atoms. The van der Waals surface area contributed by atoms with Gasteiger partial charge in [0.15, 0.2) is 0 Å². The predicted molar refractivity (Wildman–Crippen MR) is 250 cm³/mol. The number of hydrogen-bond acceptors (Lipinski definition) is 5. The Labute approximate surface area is 358 Å². The summed E-state index contributed by atoms with van der Waals surface area (Å²) in [5.41, 5.74) is 0. The van der Waals surface area contributed by atoms with Crippen LogP contribution >= 0.6 is 0 Å². The number of rotatable bonds is 43. The number of allylic oxidation sites excluding steroid dienone is 10. The maximum absolute atomic E-state index is 13.1. The molecule has 0 aromatic carbocycles. The molecular formula is C52H93NO5. The topological polar surface area (TPSA) is 95.9 Å². The number of amides is 1. The van der Waals surface area contributed by atoms with Gasteiger partial charge in [0, 0.05) is 6.42 Å². The Balaban J connectivity index is 4.57. The highest BCUT2D eigenvalue weighted by atomic mass is 16.5. The van der Waals surface area contributed by atoms with Crippen LogP contribution < -0.4 is 5.32 Å². The van der Waals surface area contributed by atoms with Crippen molar-refractivity contribution in [2.24, 2.45) is 0 Å². The number of esters is 1. The Bertz CT molecular complexity index is 1050. The molecule has 0 aliphatic heterocycles. The standard InChI is InChI=1S/C52H93NO5/c1-4-7-10-13-16-19-21-23-24-25-26-28-30-33-35-38-41-44-50(55)49(47-54)53-51(56)46-48(58-52(57)45-42-39-36-31-18-15-12-9-6-3)43-40-37-34-32-29-27-22-20-17-14-11-8-5-2/h8,11,14,17,20,22,27,29,32,34,48-50,54-55H,4-7,9-10,12-13,15-16,18-19,21,23-26,28,30-31,33,35-47H2,1-3H3,(H,53,56)/b11-8+,17-14+,22-20-,29-27-,34-32+. The van der Waals surface area contributed by atoms with Crippen LogP contribution in [0.2, 0.25) is 0 Å². The zero-order valence-electron chi connectivity index (χ0n) is 38.2. The largest absolute Gasteiger partial charge is 0.462 e. The van der Waals surface area contributed by atoms with E-state index in [9.17, 15) is 19.8 Å². The smallest absolute Gasteiger partial charge is 0.306 e. The van der Waals surface area contributed by atoms with Crippen molar-refractivity contribution in [1.29, 1.82) is 0 Å². The molecule has 0 aromatic rings. The minimum absolute atomic E-state index is 0.0290. The van der Waals surface area contributed by atoms with Gasteiger partial charge in [-0.2, -0.15) is 0 Å². The summed E-state index contributed by atoms with van der Waals surface area (Å²) in [6.45, 7) is 6.30. The molecule has 0 saturated heterocycles. The van der Waals surface area contributed by atoms with E-state index in [1.165, 1.54) is 128 Å². The molecule has 0 heterocycles. The zero-order valence-corrected chi connectivity index (χ0v) is 38.2. The number of unbranched alkanes of at least 4 members (excludes halogenated alkanes) is 25. The number of nitrogens with one attached hydrogen (secondary N) is 1. The number of aliphatic hydroxyl groups is 2. The molecule has 6 nitrogen and oxygen atoms in total. The molecule has 0 saturated carbocycles. The van der Waals surface area contributed by atoms with E-state index in [2.05, 4.69) is 38.2 Å². The van der Waals surface area contributed by atoms with Crippen molar-refractivity contribution in [1.82, 2.24) is 5.32 Å². The van der Waals surface area contributed by atoms with Crippen LogP contribution in [-0.2, 0) is 14.3 Å². The lowest BCUT2D eigenvalue weighted by molar-refractivity contribution is -0.151. The molecule has 58 heavy (non-hydrogen) atoms. The van der Waals surface area contributed by atoms with Gasteiger partial charge in [0.2, 0.25) is 5.91 Å². The number of carbonyl (C=O) groups is 2. The van der Waals surface area contributed by atoms with E-state index in [0.29, 0.717) is 19.3 Å². The van der Waals surface area contributed by atoms with E-state index in [-0.39, 0.29) is 24.9 Å². The Kier molecular flexibility index (Phi) is 43.7. The van der Waals surface area contributed by atoms with E-state index in [1.807, 2.05) is 48.6 Å². The fourth-order valence-corrected chi connectivity index (χ4v) is 7.28. The lowest BCUT2D eigenvalue weighted by Gasteiger charge is -2.24. The van der Waals surface area contributed by atoms with Gasteiger partial charge >= 0.3 is 5.97 Å². The normalized spacial score (nSPS) is 13.8. The molecule has 3 atom stereocenters. The molecule has 0 spiro atoms. The van der Waals surface area contributed by atoms with Crippen LogP contribution in [0.1, 0.15) is 233 Å². The summed E-state index contributed by atoms with van der Waals surface area (Å²) in [7, 11) is 0. The summed E-state index contributed by atoms with van der Waals surface area (Å²) in [6, 6.07) is -0.723. The van der Waals surface area contributed by atoms with Gasteiger partial charge in [-0.25, -0.2) is 0 Å². The monoisotopic (exact) mass is 812 g/mol. The third-order valence-electron chi connectivity index (χ3n) is 11.0. The second kappa shape index (κ2) is 45.6. The van der Waals surface area contributed by atoms with Crippen LogP contribution in [0, 0.1) is 0 Å². The van der Waals surface area contributed by atoms with Crippen LogP contribution in [0.5, 0.6) is 0 Å². The van der Waals surface area contributed by atoms with Gasteiger partial charge < -0.3 is 20.3 Å². The molecule has 0 fully saturated rings. The van der Waals surface area contributed by atoms with Gasteiger partial charge in [0.25, 0.3) is 0 Å². The number of hydrogen-bond donors (Lipinski definition) is 3. The Morgan fingerprint density at radius 2 is 0.931 bits per heavy atom. The van der Waals surface area contributed by atoms with Gasteiger partial charge in [0.1, 0.15) is 6.10 Å². The molecule has 0 aliphatic rings. The fourth-order valence-electron chi connectivity index (χ4n) is 7.28. The van der Waals surface area contributed by atoms with Crippen molar-refractivity contribution >= 4 is 11.9 Å². The van der Waals surface area contributed by atoms with E-state index < -0.39 is 18.2 Å². The molecule has 3 N–H and O–H groups in total. The fraction of sp³-hybridized carbons (Fsp3) is 0.769. The molecule has 0 aromatic heterocycles. The molecular weight excluding hydrogens is 719 g/mol. The van der Waals surface area contributed by atoms with Crippen LogP contribution in [0.15, 0.2) is 60.8 Å². The third kappa shape index (κ3) is 40.3. The number of aliphatic hydroxyl groups excluding tert-OH is 2. The Morgan fingerprint density at radius 3 is 1.38 bits per heavy atom. The first-order valence-corrected chi connectivity index (χ1v) is 24.6. The molecule has 1 amide bonds. The summed E-state index contributed by atoms with van der Waals surface area (Å²) in [4.78, 5) is 26.0. The first-order chi connectivity index (χ1) is 28.5. The summed E-state index contributed by atoms with van der Waals surface area (Å²) in [5.74, 6) is -0.548. The average Bonchev–Trinajstić information content (AvgIpc) is 3.22. The average molecular weight is 812 g/mol. The lowest BCUT2D eigenvalue weighted by atomic mass is 10.0. The van der Waals surface area contributed by atoms with Crippen LogP contribution in [-0.4, -0.2) is 46.9 Å². The van der Waals surface area contributed by atoms with Crippen molar-refractivity contribution in [3.63, 3.8) is 0 Å².